The van der Waals surface area contributed by atoms with E-state index in [9.17, 15) is 24.0 Å². The maximum Gasteiger partial charge on any atom is 0.407 e. The smallest absolute Gasteiger partial charge is 0.407 e. The van der Waals surface area contributed by atoms with Crippen LogP contribution in [0.3, 0.4) is 0 Å². The predicted molar refractivity (Wildman–Crippen MR) is 206 cm³/mol. The normalized spacial score (nSPS) is 19.3. The Kier molecular flexibility index (Phi) is 11.9. The topological polar surface area (TPSA) is 180 Å². The molecule has 4 amide bonds. The van der Waals surface area contributed by atoms with Crippen molar-refractivity contribution in [1.82, 2.24) is 35.0 Å². The van der Waals surface area contributed by atoms with E-state index in [0.717, 1.165) is 53.8 Å². The average Bonchev–Trinajstić information content (AvgIpc) is 4.02. The minimum absolute atomic E-state index is 0.123. The first-order chi connectivity index (χ1) is 26.4. The summed E-state index contributed by atoms with van der Waals surface area (Å²) < 4.78 is 11.1. The fourth-order valence-electron chi connectivity index (χ4n) is 7.62. The molecule has 3 aliphatic heterocycles. The van der Waals surface area contributed by atoms with Crippen LogP contribution in [0.15, 0.2) is 64.8 Å². The molecule has 292 valence electrons. The minimum atomic E-state index is -0.713. The van der Waals surface area contributed by atoms with E-state index in [4.69, 9.17) is 14.5 Å². The Labute approximate surface area is 320 Å². The van der Waals surface area contributed by atoms with Crippen LogP contribution in [0, 0.1) is 11.8 Å². The van der Waals surface area contributed by atoms with Crippen molar-refractivity contribution < 1.29 is 28.7 Å². The SMILES string of the molecule is COC(=O)N[C@H](C(=O)N1CCC[C@H]1C1=NC=C(c2ccn(-c3ccc(-c4cnc([C@@H]5CCCN5C(=O)[C@@H](NC(=O)OC)C(C)C)[nH]4)cc3)c(=O)c2)C1)C(C)C. The average molecular weight is 755 g/mol. The number of hydrogen-bond donors (Lipinski definition) is 3. The maximum atomic E-state index is 13.5. The zero-order valence-electron chi connectivity index (χ0n) is 32.2. The van der Waals surface area contributed by atoms with Crippen LogP contribution in [0.25, 0.3) is 22.5 Å². The van der Waals surface area contributed by atoms with Gasteiger partial charge in [-0.15, -0.1) is 0 Å². The number of aliphatic imine (C=N–C) groups is 1. The molecule has 3 N–H and O–H groups in total. The molecule has 0 spiro atoms. The van der Waals surface area contributed by atoms with Gasteiger partial charge in [0.25, 0.3) is 5.56 Å². The number of H-pyrrole nitrogens is 1. The van der Waals surface area contributed by atoms with Crippen molar-refractivity contribution in [3.05, 3.63) is 76.7 Å². The molecule has 0 unspecified atom stereocenters. The molecular formula is C40H50N8O7. The lowest BCUT2D eigenvalue weighted by molar-refractivity contribution is -0.135. The van der Waals surface area contributed by atoms with Gasteiger partial charge in [0.15, 0.2) is 0 Å². The van der Waals surface area contributed by atoms with Gasteiger partial charge in [-0.25, -0.2) is 14.6 Å². The second-order valence-corrected chi connectivity index (χ2v) is 14.9. The Morgan fingerprint density at radius 2 is 1.40 bits per heavy atom. The van der Waals surface area contributed by atoms with E-state index >= 15 is 0 Å². The molecule has 1 aromatic carbocycles. The number of carbonyl (C=O) groups is 4. The van der Waals surface area contributed by atoms with Gasteiger partial charge in [-0.2, -0.15) is 0 Å². The zero-order valence-corrected chi connectivity index (χ0v) is 32.2. The highest BCUT2D eigenvalue weighted by atomic mass is 16.5. The lowest BCUT2D eigenvalue weighted by atomic mass is 9.98. The highest BCUT2D eigenvalue weighted by Crippen LogP contribution is 2.33. The van der Waals surface area contributed by atoms with E-state index in [1.165, 1.54) is 14.2 Å². The summed E-state index contributed by atoms with van der Waals surface area (Å²) >= 11 is 0. The number of nitrogens with one attached hydrogen (secondary N) is 3. The maximum absolute atomic E-state index is 13.5. The van der Waals surface area contributed by atoms with Gasteiger partial charge in [0.1, 0.15) is 17.9 Å². The summed E-state index contributed by atoms with van der Waals surface area (Å²) in [5.41, 5.74) is 4.69. The molecule has 0 saturated carbocycles. The molecule has 2 saturated heterocycles. The number of hydrogen-bond acceptors (Lipinski definition) is 9. The van der Waals surface area contributed by atoms with Crippen LogP contribution in [-0.4, -0.2) is 99.5 Å². The van der Waals surface area contributed by atoms with Crippen molar-refractivity contribution in [3.8, 4) is 16.9 Å². The van der Waals surface area contributed by atoms with Gasteiger partial charge >= 0.3 is 12.2 Å². The Bertz CT molecular complexity index is 2030. The van der Waals surface area contributed by atoms with Crippen molar-refractivity contribution in [2.75, 3.05) is 27.3 Å². The number of imidazole rings is 1. The molecule has 15 heteroatoms. The third-order valence-corrected chi connectivity index (χ3v) is 10.7. The lowest BCUT2D eigenvalue weighted by Gasteiger charge is -2.31. The Morgan fingerprint density at radius 1 is 0.818 bits per heavy atom. The van der Waals surface area contributed by atoms with Gasteiger partial charge in [0.05, 0.1) is 38.2 Å². The number of amides is 4. The van der Waals surface area contributed by atoms with Gasteiger partial charge in [-0.3, -0.25) is 23.9 Å². The molecule has 55 heavy (non-hydrogen) atoms. The molecule has 5 heterocycles. The summed E-state index contributed by atoms with van der Waals surface area (Å²) in [6.45, 7) is 8.68. The summed E-state index contributed by atoms with van der Waals surface area (Å²) in [4.78, 5) is 80.6. The fourth-order valence-corrected chi connectivity index (χ4v) is 7.62. The predicted octanol–water partition coefficient (Wildman–Crippen LogP) is 4.83. The van der Waals surface area contributed by atoms with Crippen LogP contribution in [0.4, 0.5) is 9.59 Å². The summed E-state index contributed by atoms with van der Waals surface area (Å²) in [5, 5.41) is 5.36. The number of nitrogens with zero attached hydrogens (tertiary/aromatic N) is 5. The van der Waals surface area contributed by atoms with Gasteiger partial charge in [-0.1, -0.05) is 39.8 Å². The zero-order chi connectivity index (χ0) is 39.4. The fraction of sp³-hybridized carbons (Fsp3) is 0.475. The first-order valence-electron chi connectivity index (χ1n) is 18.8. The van der Waals surface area contributed by atoms with Crippen LogP contribution in [0.5, 0.6) is 0 Å². The van der Waals surface area contributed by atoms with E-state index in [0.29, 0.717) is 31.0 Å². The van der Waals surface area contributed by atoms with Gasteiger partial charge in [0, 0.05) is 49.4 Å². The number of ether oxygens (including phenoxy) is 2. The number of allylic oxidation sites excluding steroid dienone is 1. The first kappa shape index (κ1) is 39.0. The number of aromatic amines is 1. The molecule has 2 aromatic heterocycles. The van der Waals surface area contributed by atoms with Gasteiger partial charge in [0.2, 0.25) is 11.8 Å². The summed E-state index contributed by atoms with van der Waals surface area (Å²) in [5.74, 6) is 0.103. The monoisotopic (exact) mass is 754 g/mol. The van der Waals surface area contributed by atoms with Gasteiger partial charge in [-0.05, 0) is 72.4 Å². The third kappa shape index (κ3) is 8.35. The molecule has 6 rings (SSSR count). The lowest BCUT2D eigenvalue weighted by Crippen LogP contribution is -2.53. The molecule has 0 bridgehead atoms. The van der Waals surface area contributed by atoms with Crippen molar-refractivity contribution >= 4 is 35.3 Å². The Hall–Kier alpha value is -5.73. The quantitative estimate of drug-likeness (QED) is 0.249. The largest absolute Gasteiger partial charge is 0.453 e. The van der Waals surface area contributed by atoms with Crippen molar-refractivity contribution in [3.63, 3.8) is 0 Å². The number of methoxy groups -OCH3 is 2. The standard InChI is InChI=1S/C40H50N8O7/c1-23(2)34(44-39(52)54-5)37(50)47-16-7-9-31(47)29-19-27(21-41-29)26-15-18-46(33(49)20-26)28-13-11-25(12-14-28)30-22-42-36(43-30)32-10-8-17-48(32)38(51)35(24(3)4)45-40(53)55-6/h11-15,18,20-24,31-32,34-35H,7-10,16-17,19H2,1-6H3,(H,42,43)(H,44,52)(H,45,53)/t31-,32-,34-,35-/m0/s1. The highest BCUT2D eigenvalue weighted by molar-refractivity contribution is 6.03. The summed E-state index contributed by atoms with van der Waals surface area (Å²) in [6.07, 6.45) is 7.68. The van der Waals surface area contributed by atoms with Crippen LogP contribution in [-0.2, 0) is 19.1 Å². The molecule has 0 radical (unpaired) electrons. The van der Waals surface area contributed by atoms with Crippen LogP contribution in [0.1, 0.15) is 77.2 Å². The second kappa shape index (κ2) is 16.7. The van der Waals surface area contributed by atoms with Crippen LogP contribution < -0.4 is 16.2 Å². The number of alkyl carbamates (subject to hydrolysis) is 2. The number of benzene rings is 1. The highest BCUT2D eigenvalue weighted by Gasteiger charge is 2.39. The van der Waals surface area contributed by atoms with E-state index in [1.807, 2.05) is 62.9 Å². The molecule has 4 atom stereocenters. The third-order valence-electron chi connectivity index (χ3n) is 10.7. The van der Waals surface area contributed by atoms with E-state index in [-0.39, 0.29) is 41.3 Å². The van der Waals surface area contributed by atoms with E-state index in [2.05, 4.69) is 20.6 Å². The van der Waals surface area contributed by atoms with Crippen molar-refractivity contribution in [1.29, 1.82) is 0 Å². The molecular weight excluding hydrogens is 704 g/mol. The number of carbonyl (C=O) groups excluding carboxylic acids is 4. The van der Waals surface area contributed by atoms with Crippen molar-refractivity contribution in [2.24, 2.45) is 16.8 Å². The van der Waals surface area contributed by atoms with Crippen molar-refractivity contribution in [2.45, 2.75) is 84.0 Å². The number of rotatable bonds is 11. The molecule has 3 aliphatic rings. The molecule has 0 aliphatic carbocycles. The summed E-state index contributed by atoms with van der Waals surface area (Å²) in [6, 6.07) is 9.22. The minimum Gasteiger partial charge on any atom is -0.453 e. The first-order valence-corrected chi connectivity index (χ1v) is 18.8. The number of pyridine rings is 1. The Morgan fingerprint density at radius 3 is 1.96 bits per heavy atom. The van der Waals surface area contributed by atoms with E-state index < -0.39 is 24.3 Å². The molecule has 2 fully saturated rings. The number of aromatic nitrogens is 3. The van der Waals surface area contributed by atoms with Gasteiger partial charge < -0.3 is 34.9 Å². The number of likely N-dealkylation sites (tertiary alicyclic amines) is 2. The Balaban J connectivity index is 1.10. The molecule has 15 nitrogen and oxygen atoms in total. The van der Waals surface area contributed by atoms with Crippen LogP contribution in [0.2, 0.25) is 0 Å². The van der Waals surface area contributed by atoms with Crippen LogP contribution >= 0.6 is 0 Å². The summed E-state index contributed by atoms with van der Waals surface area (Å²) in [7, 11) is 2.55. The second-order valence-electron chi connectivity index (χ2n) is 14.9. The van der Waals surface area contributed by atoms with E-state index in [1.54, 1.807) is 34.1 Å². The molecule has 3 aromatic rings.